The number of fused-ring (bicyclic) bond motifs is 2. The quantitative estimate of drug-likeness (QED) is 0.503. The number of ether oxygens (including phenoxy) is 2. The number of benzene rings is 3. The minimum absolute atomic E-state index is 0.401. The Morgan fingerprint density at radius 1 is 0.839 bits per heavy atom. The van der Waals surface area contributed by atoms with Gasteiger partial charge in [0.05, 0.1) is 0 Å². The number of aryl methyl sites for hydroxylation is 1. The van der Waals surface area contributed by atoms with Crippen LogP contribution >= 0.6 is 0 Å². The van der Waals surface area contributed by atoms with Crippen molar-refractivity contribution in [2.24, 2.45) is 0 Å². The molecule has 0 fully saturated rings. The molecule has 1 heterocycles. The van der Waals surface area contributed by atoms with Gasteiger partial charge in [0, 0.05) is 16.7 Å². The number of carbonyl (C=O) groups excluding carboxylic acids is 3. The van der Waals surface area contributed by atoms with Crippen LogP contribution < -0.4 is 15.6 Å². The first-order chi connectivity index (χ1) is 15.0. The van der Waals surface area contributed by atoms with Crippen LogP contribution in [-0.4, -0.2) is 24.4 Å². The first-order valence-corrected chi connectivity index (χ1v) is 9.71. The molecule has 0 unspecified atom stereocenters. The molecule has 7 nitrogen and oxygen atoms in total. The zero-order chi connectivity index (χ0) is 21.8. The van der Waals surface area contributed by atoms with Gasteiger partial charge in [-0.15, -0.1) is 0 Å². The minimum Gasteiger partial charge on any atom is -0.457 e. The van der Waals surface area contributed by atoms with Gasteiger partial charge in [0.25, 0.3) is 11.8 Å². The second-order valence-electron chi connectivity index (χ2n) is 7.09. The lowest BCUT2D eigenvalue weighted by Crippen LogP contribution is -2.43. The standard InChI is InChI=1S/C24H20N2O5/c1-15-10-12-16(13-11-15)23(28)26-25-21(27)14-30-24(29)22-17-6-2-4-8-19(17)31-20-9-5-3-7-18(20)22/h2-13,22H,14H2,1H3,(H,25,27)(H,26,28). The van der Waals surface area contributed by atoms with Crippen molar-refractivity contribution in [1.82, 2.24) is 10.9 Å². The van der Waals surface area contributed by atoms with Crippen LogP contribution in [0.2, 0.25) is 0 Å². The highest BCUT2D eigenvalue weighted by Crippen LogP contribution is 2.44. The van der Waals surface area contributed by atoms with Gasteiger partial charge in [-0.05, 0) is 31.2 Å². The zero-order valence-electron chi connectivity index (χ0n) is 16.8. The van der Waals surface area contributed by atoms with Gasteiger partial charge < -0.3 is 9.47 Å². The van der Waals surface area contributed by atoms with Gasteiger partial charge in [-0.2, -0.15) is 0 Å². The highest BCUT2D eigenvalue weighted by Gasteiger charge is 2.33. The van der Waals surface area contributed by atoms with E-state index in [1.54, 1.807) is 48.5 Å². The Labute approximate surface area is 179 Å². The van der Waals surface area contributed by atoms with Crippen LogP contribution in [0.4, 0.5) is 0 Å². The van der Waals surface area contributed by atoms with Crippen LogP contribution in [0.25, 0.3) is 0 Å². The van der Waals surface area contributed by atoms with Crippen molar-refractivity contribution in [3.05, 3.63) is 95.1 Å². The fourth-order valence-corrected chi connectivity index (χ4v) is 3.32. The maximum Gasteiger partial charge on any atom is 0.318 e. The van der Waals surface area contributed by atoms with E-state index in [0.717, 1.165) is 5.56 Å². The molecule has 0 aliphatic carbocycles. The van der Waals surface area contributed by atoms with Crippen molar-refractivity contribution in [2.45, 2.75) is 12.8 Å². The molecule has 0 saturated carbocycles. The summed E-state index contributed by atoms with van der Waals surface area (Å²) in [4.78, 5) is 37.0. The molecule has 0 spiro atoms. The molecule has 0 aromatic heterocycles. The number of carbonyl (C=O) groups is 3. The summed E-state index contributed by atoms with van der Waals surface area (Å²) in [7, 11) is 0. The molecule has 3 aromatic rings. The molecule has 2 amide bonds. The molecule has 0 saturated heterocycles. The summed E-state index contributed by atoms with van der Waals surface area (Å²) in [6.45, 7) is 1.38. The van der Waals surface area contributed by atoms with Crippen molar-refractivity contribution in [3.8, 4) is 11.5 Å². The summed E-state index contributed by atoms with van der Waals surface area (Å²) < 4.78 is 11.1. The molecule has 0 atom stereocenters. The Balaban J connectivity index is 1.38. The van der Waals surface area contributed by atoms with Crippen molar-refractivity contribution < 1.29 is 23.9 Å². The van der Waals surface area contributed by atoms with E-state index < -0.39 is 30.3 Å². The van der Waals surface area contributed by atoms with Gasteiger partial charge in [0.2, 0.25) is 0 Å². The summed E-state index contributed by atoms with van der Waals surface area (Å²) in [6.07, 6.45) is 0. The molecule has 1 aliphatic heterocycles. The highest BCUT2D eigenvalue weighted by molar-refractivity contribution is 5.95. The third-order valence-corrected chi connectivity index (χ3v) is 4.89. The van der Waals surface area contributed by atoms with Crippen LogP contribution in [0.3, 0.4) is 0 Å². The molecule has 0 radical (unpaired) electrons. The lowest BCUT2D eigenvalue weighted by molar-refractivity contribution is -0.149. The topological polar surface area (TPSA) is 93.7 Å². The van der Waals surface area contributed by atoms with Crippen LogP contribution in [-0.2, 0) is 14.3 Å². The molecule has 156 valence electrons. The minimum atomic E-state index is -0.712. The molecule has 31 heavy (non-hydrogen) atoms. The normalized spacial score (nSPS) is 12.0. The van der Waals surface area contributed by atoms with Gasteiger partial charge in [0.1, 0.15) is 17.4 Å². The van der Waals surface area contributed by atoms with Crippen molar-refractivity contribution >= 4 is 17.8 Å². The Kier molecular flexibility index (Phi) is 5.66. The molecule has 1 aliphatic rings. The maximum atomic E-state index is 12.9. The van der Waals surface area contributed by atoms with E-state index in [1.165, 1.54) is 0 Å². The molecule has 2 N–H and O–H groups in total. The van der Waals surface area contributed by atoms with Crippen LogP contribution in [0.15, 0.2) is 72.8 Å². The fraction of sp³-hybridized carbons (Fsp3) is 0.125. The number of hydrogen-bond acceptors (Lipinski definition) is 5. The van der Waals surface area contributed by atoms with Gasteiger partial charge in [0.15, 0.2) is 6.61 Å². The molecular weight excluding hydrogens is 396 g/mol. The summed E-state index contributed by atoms with van der Waals surface area (Å²) in [5.74, 6) is -1.27. The number of rotatable bonds is 4. The Bertz CT molecular complexity index is 1100. The molecule has 3 aromatic carbocycles. The largest absolute Gasteiger partial charge is 0.457 e. The molecule has 4 rings (SSSR count). The summed E-state index contributed by atoms with van der Waals surface area (Å²) in [5, 5.41) is 0. The molecule has 7 heteroatoms. The van der Waals surface area contributed by atoms with Gasteiger partial charge in [-0.3, -0.25) is 25.2 Å². The average Bonchev–Trinajstić information content (AvgIpc) is 2.79. The van der Waals surface area contributed by atoms with Gasteiger partial charge in [-0.1, -0.05) is 54.1 Å². The lowest BCUT2D eigenvalue weighted by atomic mass is 9.88. The SMILES string of the molecule is Cc1ccc(C(=O)NNC(=O)COC(=O)C2c3ccccc3Oc3ccccc32)cc1. The number of amides is 2. The summed E-state index contributed by atoms with van der Waals surface area (Å²) in [6, 6.07) is 21.3. The number of esters is 1. The number of nitrogens with one attached hydrogen (secondary N) is 2. The van der Waals surface area contributed by atoms with Crippen molar-refractivity contribution in [3.63, 3.8) is 0 Å². The van der Waals surface area contributed by atoms with E-state index in [4.69, 9.17) is 9.47 Å². The zero-order valence-corrected chi connectivity index (χ0v) is 16.8. The van der Waals surface area contributed by atoms with Crippen molar-refractivity contribution in [2.75, 3.05) is 6.61 Å². The Hall–Kier alpha value is -4.13. The van der Waals surface area contributed by atoms with E-state index in [-0.39, 0.29) is 0 Å². The molecular formula is C24H20N2O5. The monoisotopic (exact) mass is 416 g/mol. The van der Waals surface area contributed by atoms with Crippen LogP contribution in [0.5, 0.6) is 11.5 Å². The third-order valence-electron chi connectivity index (χ3n) is 4.89. The Morgan fingerprint density at radius 2 is 1.42 bits per heavy atom. The lowest BCUT2D eigenvalue weighted by Gasteiger charge is -2.26. The Morgan fingerprint density at radius 3 is 2.03 bits per heavy atom. The number of hydrazine groups is 1. The van der Waals surface area contributed by atoms with Gasteiger partial charge >= 0.3 is 5.97 Å². The smallest absolute Gasteiger partial charge is 0.318 e. The maximum absolute atomic E-state index is 12.9. The first-order valence-electron chi connectivity index (χ1n) is 9.71. The van der Waals surface area contributed by atoms with E-state index in [0.29, 0.717) is 28.2 Å². The third kappa shape index (κ3) is 4.40. The predicted molar refractivity (Wildman–Crippen MR) is 113 cm³/mol. The van der Waals surface area contributed by atoms with Crippen molar-refractivity contribution in [1.29, 1.82) is 0 Å². The van der Waals surface area contributed by atoms with E-state index in [2.05, 4.69) is 10.9 Å². The van der Waals surface area contributed by atoms with E-state index in [9.17, 15) is 14.4 Å². The second-order valence-corrected chi connectivity index (χ2v) is 7.09. The highest BCUT2D eigenvalue weighted by atomic mass is 16.5. The first kappa shape index (κ1) is 20.2. The van der Waals surface area contributed by atoms with Crippen LogP contribution in [0.1, 0.15) is 33.0 Å². The molecule has 0 bridgehead atoms. The van der Waals surface area contributed by atoms with E-state index >= 15 is 0 Å². The van der Waals surface area contributed by atoms with Crippen LogP contribution in [0, 0.1) is 6.92 Å². The summed E-state index contributed by atoms with van der Waals surface area (Å²) >= 11 is 0. The average molecular weight is 416 g/mol. The number of para-hydroxylation sites is 2. The fourth-order valence-electron chi connectivity index (χ4n) is 3.32. The number of hydrogen-bond donors (Lipinski definition) is 2. The predicted octanol–water partition coefficient (Wildman–Crippen LogP) is 3.24. The van der Waals surface area contributed by atoms with E-state index in [1.807, 2.05) is 31.2 Å². The second kappa shape index (κ2) is 8.71. The summed E-state index contributed by atoms with van der Waals surface area (Å²) in [5.41, 5.74) is 7.31. The van der Waals surface area contributed by atoms with Gasteiger partial charge in [-0.25, -0.2) is 0 Å².